The first kappa shape index (κ1) is 23.4. The monoisotopic (exact) mass is 511 g/mol. The summed E-state index contributed by atoms with van der Waals surface area (Å²) in [6.07, 6.45) is 0. The highest BCUT2D eigenvalue weighted by Gasteiger charge is 2.18. The molecule has 33 heavy (non-hydrogen) atoms. The van der Waals surface area contributed by atoms with Crippen LogP contribution in [0.2, 0.25) is 0 Å². The summed E-state index contributed by atoms with van der Waals surface area (Å²) >= 11 is 3.69. The van der Waals surface area contributed by atoms with Crippen LogP contribution < -0.4 is 19.7 Å². The number of aryl methyl sites for hydroxylation is 2. The van der Waals surface area contributed by atoms with Gasteiger partial charge in [-0.2, -0.15) is 0 Å². The molecule has 3 aromatic rings. The maximum atomic E-state index is 6.16. The molecule has 1 aromatic heterocycles. The predicted octanol–water partition coefficient (Wildman–Crippen LogP) is 5.94. The van der Waals surface area contributed by atoms with Crippen molar-refractivity contribution in [3.8, 4) is 11.5 Å². The van der Waals surface area contributed by atoms with Gasteiger partial charge in [0.05, 0.1) is 24.8 Å². The van der Waals surface area contributed by atoms with Gasteiger partial charge < -0.3 is 24.4 Å². The van der Waals surface area contributed by atoms with E-state index in [4.69, 9.17) is 19.2 Å². The highest BCUT2D eigenvalue weighted by Crippen LogP contribution is 2.35. The molecule has 0 bridgehead atoms. The minimum Gasteiger partial charge on any atom is -0.497 e. The molecule has 2 aromatic carbocycles. The van der Waals surface area contributed by atoms with E-state index < -0.39 is 0 Å². The second kappa shape index (κ2) is 10.4. The fourth-order valence-corrected chi connectivity index (χ4v) is 4.46. The Balaban J connectivity index is 1.56. The van der Waals surface area contributed by atoms with E-state index in [-0.39, 0.29) is 0 Å². The highest BCUT2D eigenvalue weighted by atomic mass is 79.9. The van der Waals surface area contributed by atoms with Crippen LogP contribution in [-0.2, 0) is 11.3 Å². The van der Waals surface area contributed by atoms with Crippen LogP contribution in [0.4, 0.5) is 17.3 Å². The van der Waals surface area contributed by atoms with Crippen LogP contribution in [0.25, 0.3) is 0 Å². The Labute approximate surface area is 204 Å². The van der Waals surface area contributed by atoms with Crippen molar-refractivity contribution in [3.05, 3.63) is 69.2 Å². The molecule has 1 fully saturated rings. The molecule has 2 heterocycles. The zero-order valence-electron chi connectivity index (χ0n) is 19.6. The van der Waals surface area contributed by atoms with Crippen molar-refractivity contribution in [1.82, 2.24) is 4.98 Å². The van der Waals surface area contributed by atoms with Crippen LogP contribution in [-0.4, -0.2) is 38.4 Å². The first-order valence-corrected chi connectivity index (χ1v) is 11.9. The second-order valence-electron chi connectivity index (χ2n) is 8.20. The predicted molar refractivity (Wildman–Crippen MR) is 136 cm³/mol. The molecule has 0 unspecified atom stereocenters. The summed E-state index contributed by atoms with van der Waals surface area (Å²) in [6, 6.07) is 14.1. The third kappa shape index (κ3) is 5.42. The molecule has 1 saturated heterocycles. The minimum absolute atomic E-state index is 0.487. The Morgan fingerprint density at radius 3 is 2.45 bits per heavy atom. The summed E-state index contributed by atoms with van der Waals surface area (Å²) in [5, 5.41) is 3.56. The van der Waals surface area contributed by atoms with Crippen LogP contribution in [0.15, 0.2) is 46.9 Å². The Morgan fingerprint density at radius 2 is 1.76 bits per heavy atom. The molecule has 1 aliphatic heterocycles. The molecular weight excluding hydrogens is 482 g/mol. The van der Waals surface area contributed by atoms with E-state index in [9.17, 15) is 0 Å². The fraction of sp³-hybridized carbons (Fsp3) is 0.346. The SMILES string of the molecule is COc1ccc(COc2ccc(C)c(Nc3nc(N4CCOCC4)c(C)cc3Br)c2C)cc1. The van der Waals surface area contributed by atoms with Crippen LogP contribution in [0.3, 0.4) is 0 Å². The Hall–Kier alpha value is -2.77. The Morgan fingerprint density at radius 1 is 1.03 bits per heavy atom. The lowest BCUT2D eigenvalue weighted by molar-refractivity contribution is 0.122. The van der Waals surface area contributed by atoms with Crippen molar-refractivity contribution in [2.75, 3.05) is 43.6 Å². The Kier molecular flexibility index (Phi) is 7.40. The number of rotatable bonds is 7. The van der Waals surface area contributed by atoms with E-state index in [1.165, 1.54) is 0 Å². The average Bonchev–Trinajstić information content (AvgIpc) is 2.83. The summed E-state index contributed by atoms with van der Waals surface area (Å²) in [4.78, 5) is 7.25. The van der Waals surface area contributed by atoms with Gasteiger partial charge in [0, 0.05) is 24.3 Å². The molecule has 0 spiro atoms. The number of ether oxygens (including phenoxy) is 3. The number of hydrogen-bond donors (Lipinski definition) is 1. The number of benzene rings is 2. The maximum absolute atomic E-state index is 6.16. The van der Waals surface area contributed by atoms with E-state index in [0.29, 0.717) is 6.61 Å². The molecule has 4 rings (SSSR count). The topological polar surface area (TPSA) is 55.9 Å². The van der Waals surface area contributed by atoms with Gasteiger partial charge in [0.2, 0.25) is 0 Å². The summed E-state index contributed by atoms with van der Waals surface area (Å²) < 4.78 is 17.8. The lowest BCUT2D eigenvalue weighted by Crippen LogP contribution is -2.37. The number of nitrogens with one attached hydrogen (secondary N) is 1. The van der Waals surface area contributed by atoms with Gasteiger partial charge in [-0.25, -0.2) is 4.98 Å². The van der Waals surface area contributed by atoms with E-state index in [1.807, 2.05) is 30.3 Å². The van der Waals surface area contributed by atoms with Crippen LogP contribution in [0.5, 0.6) is 11.5 Å². The van der Waals surface area contributed by atoms with Crippen molar-refractivity contribution in [2.24, 2.45) is 0 Å². The van der Waals surface area contributed by atoms with Crippen molar-refractivity contribution in [2.45, 2.75) is 27.4 Å². The van der Waals surface area contributed by atoms with Crippen LogP contribution in [0.1, 0.15) is 22.3 Å². The summed E-state index contributed by atoms with van der Waals surface area (Å²) in [5.41, 5.74) is 5.41. The molecule has 0 atom stereocenters. The quantitative estimate of drug-likeness (QED) is 0.423. The lowest BCUT2D eigenvalue weighted by atomic mass is 10.1. The largest absolute Gasteiger partial charge is 0.497 e. The number of aromatic nitrogens is 1. The zero-order chi connectivity index (χ0) is 23.4. The molecule has 174 valence electrons. The van der Waals surface area contributed by atoms with E-state index in [0.717, 1.165) is 81.9 Å². The van der Waals surface area contributed by atoms with E-state index >= 15 is 0 Å². The molecule has 0 radical (unpaired) electrons. The van der Waals surface area contributed by atoms with Crippen molar-refractivity contribution in [1.29, 1.82) is 0 Å². The Bertz CT molecular complexity index is 1110. The van der Waals surface area contributed by atoms with E-state index in [1.54, 1.807) is 7.11 Å². The molecule has 6 nitrogen and oxygen atoms in total. The summed E-state index contributed by atoms with van der Waals surface area (Å²) in [7, 11) is 1.67. The molecule has 1 aliphatic rings. The zero-order valence-corrected chi connectivity index (χ0v) is 21.2. The first-order valence-electron chi connectivity index (χ1n) is 11.1. The number of halogens is 1. The number of methoxy groups -OCH3 is 1. The first-order chi connectivity index (χ1) is 16.0. The van der Waals surface area contributed by atoms with Crippen molar-refractivity contribution in [3.63, 3.8) is 0 Å². The van der Waals surface area contributed by atoms with E-state index in [2.05, 4.69) is 59.1 Å². The number of anilines is 3. The van der Waals surface area contributed by atoms with Gasteiger partial charge in [0.1, 0.15) is 29.7 Å². The normalized spacial score (nSPS) is 13.7. The molecule has 0 amide bonds. The molecule has 1 N–H and O–H groups in total. The van der Waals surface area contributed by atoms with Gasteiger partial charge in [-0.15, -0.1) is 0 Å². The fourth-order valence-electron chi connectivity index (χ4n) is 3.93. The molecular formula is C26H30BrN3O3. The number of nitrogens with zero attached hydrogens (tertiary/aromatic N) is 2. The summed E-state index contributed by atoms with van der Waals surface area (Å²) in [5.74, 6) is 3.46. The van der Waals surface area contributed by atoms with Crippen molar-refractivity contribution < 1.29 is 14.2 Å². The average molecular weight is 512 g/mol. The van der Waals surface area contributed by atoms with Crippen LogP contribution in [0, 0.1) is 20.8 Å². The standard InChI is InChI=1S/C26H30BrN3O3/c1-17-5-10-23(33-16-20-6-8-21(31-4)9-7-20)19(3)24(17)28-25-22(27)15-18(2)26(29-25)30-11-13-32-14-12-30/h5-10,15H,11-14,16H2,1-4H3,(H,28,29). The number of pyridine rings is 1. The van der Waals surface area contributed by atoms with Gasteiger partial charge in [-0.3, -0.25) is 0 Å². The minimum atomic E-state index is 0.487. The smallest absolute Gasteiger partial charge is 0.147 e. The van der Waals surface area contributed by atoms with Gasteiger partial charge in [-0.1, -0.05) is 18.2 Å². The third-order valence-electron chi connectivity index (χ3n) is 5.87. The second-order valence-corrected chi connectivity index (χ2v) is 9.06. The van der Waals surface area contributed by atoms with Gasteiger partial charge in [0.25, 0.3) is 0 Å². The molecule has 0 aliphatic carbocycles. The number of morpholine rings is 1. The number of hydrogen-bond acceptors (Lipinski definition) is 6. The summed E-state index contributed by atoms with van der Waals surface area (Å²) in [6.45, 7) is 9.90. The van der Waals surface area contributed by atoms with Gasteiger partial charge in [-0.05, 0) is 77.7 Å². The van der Waals surface area contributed by atoms with Crippen molar-refractivity contribution >= 4 is 33.3 Å². The highest BCUT2D eigenvalue weighted by molar-refractivity contribution is 9.10. The molecule has 7 heteroatoms. The van der Waals surface area contributed by atoms with Crippen LogP contribution >= 0.6 is 15.9 Å². The lowest BCUT2D eigenvalue weighted by Gasteiger charge is -2.29. The van der Waals surface area contributed by atoms with Gasteiger partial charge in [0.15, 0.2) is 0 Å². The van der Waals surface area contributed by atoms with Gasteiger partial charge >= 0.3 is 0 Å². The molecule has 0 saturated carbocycles. The maximum Gasteiger partial charge on any atom is 0.147 e. The third-order valence-corrected chi connectivity index (χ3v) is 6.48.